The number of Topliss-reactive ketones (excluding diaryl/α,β-unsaturated/α-hetero) is 1. The molecule has 0 radical (unpaired) electrons. The molecule has 0 spiro atoms. The smallest absolute Gasteiger partial charge is 0.167 e. The summed E-state index contributed by atoms with van der Waals surface area (Å²) in [6, 6.07) is 0. The molecule has 2 heteroatoms. The van der Waals surface area contributed by atoms with Gasteiger partial charge in [-0.25, -0.2) is 0 Å². The Hall–Kier alpha value is -0.370. The second kappa shape index (κ2) is 6.88. The SMILES string of the molecule is CCOC1(C(=O)C2CCCCCC2)CCC(C)CC1. The Labute approximate surface area is 118 Å². The zero-order chi connectivity index (χ0) is 13.7. The molecule has 2 aliphatic rings. The molecule has 0 bridgehead atoms. The lowest BCUT2D eigenvalue weighted by Crippen LogP contribution is -2.47. The van der Waals surface area contributed by atoms with Gasteiger partial charge in [0.2, 0.25) is 0 Å². The topological polar surface area (TPSA) is 26.3 Å². The van der Waals surface area contributed by atoms with E-state index in [4.69, 9.17) is 4.74 Å². The zero-order valence-corrected chi connectivity index (χ0v) is 12.7. The van der Waals surface area contributed by atoms with Gasteiger partial charge in [-0.2, -0.15) is 0 Å². The van der Waals surface area contributed by atoms with Gasteiger partial charge in [0.05, 0.1) is 0 Å². The lowest BCUT2D eigenvalue weighted by molar-refractivity contribution is -0.155. The molecule has 0 aromatic rings. The van der Waals surface area contributed by atoms with Crippen molar-refractivity contribution in [3.05, 3.63) is 0 Å². The molecule has 0 aliphatic heterocycles. The van der Waals surface area contributed by atoms with Gasteiger partial charge in [0.15, 0.2) is 5.78 Å². The molecule has 0 N–H and O–H groups in total. The number of carbonyl (C=O) groups is 1. The standard InChI is InChI=1S/C17H30O2/c1-3-19-17(12-10-14(2)11-13-17)16(18)15-8-6-4-5-7-9-15/h14-15H,3-13H2,1-2H3. The fourth-order valence-corrected chi connectivity index (χ4v) is 3.88. The van der Waals surface area contributed by atoms with E-state index in [0.29, 0.717) is 12.4 Å². The van der Waals surface area contributed by atoms with Crippen LogP contribution in [-0.4, -0.2) is 18.0 Å². The van der Waals surface area contributed by atoms with Crippen LogP contribution < -0.4 is 0 Å². The van der Waals surface area contributed by atoms with Gasteiger partial charge in [-0.15, -0.1) is 0 Å². The molecule has 2 fully saturated rings. The van der Waals surface area contributed by atoms with Gasteiger partial charge in [0.25, 0.3) is 0 Å². The van der Waals surface area contributed by atoms with E-state index in [2.05, 4.69) is 6.92 Å². The highest BCUT2D eigenvalue weighted by atomic mass is 16.5. The molecule has 2 aliphatic carbocycles. The molecule has 0 aromatic carbocycles. The second-order valence-corrected chi connectivity index (χ2v) is 6.66. The number of rotatable bonds is 4. The molecule has 0 unspecified atom stereocenters. The van der Waals surface area contributed by atoms with E-state index < -0.39 is 5.60 Å². The minimum Gasteiger partial charge on any atom is -0.367 e. The van der Waals surface area contributed by atoms with Crippen LogP contribution in [-0.2, 0) is 9.53 Å². The molecule has 19 heavy (non-hydrogen) atoms. The number of carbonyl (C=O) groups excluding carboxylic acids is 1. The minimum absolute atomic E-state index is 0.280. The van der Waals surface area contributed by atoms with E-state index in [1.54, 1.807) is 0 Å². The Bertz CT molecular complexity index is 282. The van der Waals surface area contributed by atoms with Crippen molar-refractivity contribution in [1.82, 2.24) is 0 Å². The van der Waals surface area contributed by atoms with Gasteiger partial charge >= 0.3 is 0 Å². The van der Waals surface area contributed by atoms with Crippen molar-refractivity contribution in [3.8, 4) is 0 Å². The van der Waals surface area contributed by atoms with Crippen molar-refractivity contribution in [1.29, 1.82) is 0 Å². The highest BCUT2D eigenvalue weighted by Gasteiger charge is 2.44. The van der Waals surface area contributed by atoms with Crippen LogP contribution in [0.1, 0.15) is 78.1 Å². The fraction of sp³-hybridized carbons (Fsp3) is 0.941. The van der Waals surface area contributed by atoms with Crippen molar-refractivity contribution in [2.45, 2.75) is 83.7 Å². The molecule has 0 aromatic heterocycles. The van der Waals surface area contributed by atoms with E-state index in [0.717, 1.165) is 44.4 Å². The van der Waals surface area contributed by atoms with Crippen molar-refractivity contribution in [3.63, 3.8) is 0 Å². The summed E-state index contributed by atoms with van der Waals surface area (Å²) in [7, 11) is 0. The minimum atomic E-state index is -0.420. The summed E-state index contributed by atoms with van der Waals surface area (Å²) in [6.07, 6.45) is 11.5. The van der Waals surface area contributed by atoms with Gasteiger partial charge in [0.1, 0.15) is 5.60 Å². The molecular formula is C17H30O2. The zero-order valence-electron chi connectivity index (χ0n) is 12.7. The molecule has 2 rings (SSSR count). The maximum absolute atomic E-state index is 13.0. The summed E-state index contributed by atoms with van der Waals surface area (Å²) in [5, 5.41) is 0. The Morgan fingerprint density at radius 1 is 1.05 bits per heavy atom. The van der Waals surface area contributed by atoms with E-state index >= 15 is 0 Å². The van der Waals surface area contributed by atoms with Gasteiger partial charge in [-0.05, 0) is 51.4 Å². The van der Waals surface area contributed by atoms with Crippen LogP contribution >= 0.6 is 0 Å². The summed E-state index contributed by atoms with van der Waals surface area (Å²) in [5.74, 6) is 1.49. The average Bonchev–Trinajstić information content (AvgIpc) is 2.70. The first kappa shape index (κ1) is 15.0. The summed E-state index contributed by atoms with van der Waals surface area (Å²) in [4.78, 5) is 13.0. The second-order valence-electron chi connectivity index (χ2n) is 6.66. The molecular weight excluding hydrogens is 236 g/mol. The molecule has 0 saturated heterocycles. The number of hydrogen-bond acceptors (Lipinski definition) is 2. The maximum Gasteiger partial charge on any atom is 0.167 e. The predicted octanol–water partition coefficient (Wildman–Crippen LogP) is 4.51. The van der Waals surface area contributed by atoms with E-state index in [9.17, 15) is 4.79 Å². The Morgan fingerprint density at radius 3 is 2.16 bits per heavy atom. The summed E-state index contributed by atoms with van der Waals surface area (Å²) < 4.78 is 6.03. The van der Waals surface area contributed by atoms with Crippen LogP contribution in [0.3, 0.4) is 0 Å². The third kappa shape index (κ3) is 3.59. The summed E-state index contributed by atoms with van der Waals surface area (Å²) in [6.45, 7) is 5.00. The van der Waals surface area contributed by atoms with Gasteiger partial charge in [-0.1, -0.05) is 32.6 Å². The molecule has 2 saturated carbocycles. The molecule has 0 heterocycles. The van der Waals surface area contributed by atoms with Crippen LogP contribution in [0.25, 0.3) is 0 Å². The largest absolute Gasteiger partial charge is 0.367 e. The first-order chi connectivity index (χ1) is 9.18. The first-order valence-electron chi connectivity index (χ1n) is 8.36. The van der Waals surface area contributed by atoms with Gasteiger partial charge < -0.3 is 4.74 Å². The normalized spacial score (nSPS) is 33.9. The molecule has 0 atom stereocenters. The molecule has 110 valence electrons. The quantitative estimate of drug-likeness (QED) is 0.700. The number of ketones is 1. The van der Waals surface area contributed by atoms with E-state index in [-0.39, 0.29) is 5.92 Å². The lowest BCUT2D eigenvalue weighted by Gasteiger charge is -2.39. The molecule has 2 nitrogen and oxygen atoms in total. The molecule has 0 amide bonds. The van der Waals surface area contributed by atoms with Gasteiger partial charge in [-0.3, -0.25) is 4.79 Å². The Kier molecular flexibility index (Phi) is 5.44. The maximum atomic E-state index is 13.0. The summed E-state index contributed by atoms with van der Waals surface area (Å²) >= 11 is 0. The van der Waals surface area contributed by atoms with Crippen LogP contribution in [0.2, 0.25) is 0 Å². The number of hydrogen-bond donors (Lipinski definition) is 0. The average molecular weight is 266 g/mol. The Morgan fingerprint density at radius 2 is 1.63 bits per heavy atom. The van der Waals surface area contributed by atoms with Crippen molar-refractivity contribution in [2.24, 2.45) is 11.8 Å². The van der Waals surface area contributed by atoms with Crippen molar-refractivity contribution >= 4 is 5.78 Å². The highest BCUT2D eigenvalue weighted by molar-refractivity contribution is 5.89. The monoisotopic (exact) mass is 266 g/mol. The van der Waals surface area contributed by atoms with Gasteiger partial charge in [0, 0.05) is 12.5 Å². The first-order valence-corrected chi connectivity index (χ1v) is 8.36. The fourth-order valence-electron chi connectivity index (χ4n) is 3.88. The highest BCUT2D eigenvalue weighted by Crippen LogP contribution is 2.39. The summed E-state index contributed by atoms with van der Waals surface area (Å²) in [5.41, 5.74) is -0.420. The third-order valence-corrected chi connectivity index (χ3v) is 5.18. The van der Waals surface area contributed by atoms with Crippen molar-refractivity contribution in [2.75, 3.05) is 6.61 Å². The van der Waals surface area contributed by atoms with Crippen LogP contribution in [0.4, 0.5) is 0 Å². The predicted molar refractivity (Wildman–Crippen MR) is 78.2 cm³/mol. The third-order valence-electron chi connectivity index (χ3n) is 5.18. The van der Waals surface area contributed by atoms with E-state index in [1.807, 2.05) is 6.92 Å². The van der Waals surface area contributed by atoms with E-state index in [1.165, 1.54) is 25.7 Å². The number of ether oxygens (including phenoxy) is 1. The van der Waals surface area contributed by atoms with Crippen LogP contribution in [0.15, 0.2) is 0 Å². The lowest BCUT2D eigenvalue weighted by atomic mass is 9.73. The van der Waals surface area contributed by atoms with Crippen LogP contribution in [0.5, 0.6) is 0 Å². The van der Waals surface area contributed by atoms with Crippen molar-refractivity contribution < 1.29 is 9.53 Å². The Balaban J connectivity index is 2.06. The van der Waals surface area contributed by atoms with Crippen LogP contribution in [0, 0.1) is 11.8 Å².